The standard InChI is InChI=1S/C39H44F2N4O3/c1-2-3-4-5-6-7-8-9-10-11-12-13-27-47-36-24-21-33(22-25-36)43-42-32-19-17-30(18-20-32)39(46)48-38-26-23-35(29-37(38)41)45-44-34-16-14-15-31(40)28-34/h14-26,28-29H,2-13,27H2,1H3. The predicted octanol–water partition coefficient (Wildman–Crippen LogP) is 13.1. The zero-order valence-corrected chi connectivity index (χ0v) is 27.6. The average Bonchev–Trinajstić information content (AvgIpc) is 3.10. The predicted molar refractivity (Wildman–Crippen MR) is 186 cm³/mol. The van der Waals surface area contributed by atoms with Crippen LogP contribution in [0.4, 0.5) is 31.5 Å². The van der Waals surface area contributed by atoms with E-state index in [4.69, 9.17) is 9.47 Å². The minimum atomic E-state index is -0.787. The van der Waals surface area contributed by atoms with E-state index in [1.165, 1.54) is 113 Å². The fourth-order valence-electron chi connectivity index (χ4n) is 4.97. The highest BCUT2D eigenvalue weighted by molar-refractivity contribution is 5.91. The monoisotopic (exact) mass is 654 g/mol. The van der Waals surface area contributed by atoms with Gasteiger partial charge < -0.3 is 9.47 Å². The Kier molecular flexibility index (Phi) is 15.4. The van der Waals surface area contributed by atoms with Gasteiger partial charge in [0.25, 0.3) is 0 Å². The van der Waals surface area contributed by atoms with E-state index in [-0.39, 0.29) is 22.7 Å². The minimum Gasteiger partial charge on any atom is -0.494 e. The molecule has 4 aromatic carbocycles. The Morgan fingerprint density at radius 1 is 0.583 bits per heavy atom. The van der Waals surface area contributed by atoms with Gasteiger partial charge in [0.2, 0.25) is 0 Å². The number of carbonyl (C=O) groups excluding carboxylic acids is 1. The summed E-state index contributed by atoms with van der Waals surface area (Å²) < 4.78 is 39.0. The molecular formula is C39H44F2N4O3. The second-order valence-corrected chi connectivity index (χ2v) is 11.7. The Balaban J connectivity index is 1.14. The topological polar surface area (TPSA) is 85.0 Å². The summed E-state index contributed by atoms with van der Waals surface area (Å²) >= 11 is 0. The number of nitrogens with zero attached hydrogens (tertiary/aromatic N) is 4. The molecule has 252 valence electrons. The summed E-state index contributed by atoms with van der Waals surface area (Å²) in [5.74, 6) is -1.42. The maximum Gasteiger partial charge on any atom is 0.343 e. The lowest BCUT2D eigenvalue weighted by Gasteiger charge is -2.06. The van der Waals surface area contributed by atoms with E-state index in [0.717, 1.165) is 18.2 Å². The van der Waals surface area contributed by atoms with E-state index in [0.29, 0.717) is 18.0 Å². The van der Waals surface area contributed by atoms with Crippen molar-refractivity contribution in [2.45, 2.75) is 84.0 Å². The summed E-state index contributed by atoms with van der Waals surface area (Å²) in [6.45, 7) is 2.96. The molecule has 48 heavy (non-hydrogen) atoms. The van der Waals surface area contributed by atoms with Crippen LogP contribution in [0.1, 0.15) is 94.3 Å². The van der Waals surface area contributed by atoms with Crippen LogP contribution < -0.4 is 9.47 Å². The SMILES string of the molecule is CCCCCCCCCCCCCCOc1ccc(N=Nc2ccc(C(=O)Oc3ccc(N=Nc4cccc(F)c4)cc3F)cc2)cc1. The van der Waals surface area contributed by atoms with E-state index < -0.39 is 17.6 Å². The van der Waals surface area contributed by atoms with Crippen molar-refractivity contribution in [3.05, 3.63) is 108 Å². The zero-order chi connectivity index (χ0) is 33.8. The molecule has 0 N–H and O–H groups in total. The fourth-order valence-corrected chi connectivity index (χ4v) is 4.97. The van der Waals surface area contributed by atoms with Crippen LogP contribution >= 0.6 is 0 Å². The van der Waals surface area contributed by atoms with Crippen molar-refractivity contribution >= 4 is 28.7 Å². The van der Waals surface area contributed by atoms with Gasteiger partial charge in [-0.3, -0.25) is 0 Å². The Bertz CT molecular complexity index is 1610. The zero-order valence-electron chi connectivity index (χ0n) is 27.6. The van der Waals surface area contributed by atoms with Gasteiger partial charge in [-0.1, -0.05) is 83.6 Å². The maximum atomic E-state index is 14.6. The molecule has 0 aliphatic rings. The van der Waals surface area contributed by atoms with Crippen LogP contribution in [0.15, 0.2) is 111 Å². The Morgan fingerprint density at radius 3 is 1.69 bits per heavy atom. The molecule has 0 bridgehead atoms. The van der Waals surface area contributed by atoms with Crippen molar-refractivity contribution in [1.29, 1.82) is 0 Å². The quantitative estimate of drug-likeness (QED) is 0.0411. The van der Waals surface area contributed by atoms with Crippen LogP contribution in [0.3, 0.4) is 0 Å². The molecule has 0 saturated carbocycles. The summed E-state index contributed by atoms with van der Waals surface area (Å²) in [6.07, 6.45) is 15.8. The summed E-state index contributed by atoms with van der Waals surface area (Å²) in [4.78, 5) is 12.6. The lowest BCUT2D eigenvalue weighted by molar-refractivity contribution is 0.0728. The van der Waals surface area contributed by atoms with Gasteiger partial charge in [0, 0.05) is 12.1 Å². The number of hydrogen-bond acceptors (Lipinski definition) is 7. The molecule has 0 fully saturated rings. The molecule has 0 unspecified atom stereocenters. The van der Waals surface area contributed by atoms with Crippen molar-refractivity contribution in [3.8, 4) is 11.5 Å². The van der Waals surface area contributed by atoms with Crippen molar-refractivity contribution in [2.24, 2.45) is 20.5 Å². The molecule has 4 aromatic rings. The van der Waals surface area contributed by atoms with Gasteiger partial charge >= 0.3 is 5.97 Å². The Morgan fingerprint density at radius 2 is 1.10 bits per heavy atom. The third-order valence-electron chi connectivity index (χ3n) is 7.69. The Labute approximate surface area is 282 Å². The number of ether oxygens (including phenoxy) is 2. The number of benzene rings is 4. The third kappa shape index (κ3) is 13.1. The first-order valence-electron chi connectivity index (χ1n) is 16.9. The van der Waals surface area contributed by atoms with Crippen LogP contribution in [-0.4, -0.2) is 12.6 Å². The summed E-state index contributed by atoms with van der Waals surface area (Å²) in [7, 11) is 0. The number of unbranched alkanes of at least 4 members (excludes halogenated alkanes) is 11. The average molecular weight is 655 g/mol. The molecule has 0 amide bonds. The number of azo groups is 2. The molecule has 0 aliphatic heterocycles. The molecule has 7 nitrogen and oxygen atoms in total. The highest BCUT2D eigenvalue weighted by atomic mass is 19.1. The summed E-state index contributed by atoms with van der Waals surface area (Å²) in [5, 5.41) is 16.3. The van der Waals surface area contributed by atoms with E-state index >= 15 is 0 Å². The van der Waals surface area contributed by atoms with Crippen LogP contribution in [0, 0.1) is 11.6 Å². The lowest BCUT2D eigenvalue weighted by atomic mass is 10.1. The smallest absolute Gasteiger partial charge is 0.343 e. The first-order valence-corrected chi connectivity index (χ1v) is 16.9. The number of esters is 1. The lowest BCUT2D eigenvalue weighted by Crippen LogP contribution is -2.09. The van der Waals surface area contributed by atoms with Crippen LogP contribution in [-0.2, 0) is 0 Å². The Hall–Kier alpha value is -4.79. The van der Waals surface area contributed by atoms with Gasteiger partial charge in [0.05, 0.1) is 34.9 Å². The first-order chi connectivity index (χ1) is 23.5. The summed E-state index contributed by atoms with van der Waals surface area (Å²) in [6, 6.07) is 23.1. The second-order valence-electron chi connectivity index (χ2n) is 11.7. The molecule has 0 heterocycles. The van der Waals surface area contributed by atoms with Crippen LogP contribution in [0.2, 0.25) is 0 Å². The van der Waals surface area contributed by atoms with E-state index in [9.17, 15) is 13.6 Å². The second kappa shape index (κ2) is 20.4. The molecule has 0 atom stereocenters. The number of rotatable bonds is 20. The molecule has 9 heteroatoms. The van der Waals surface area contributed by atoms with Crippen molar-refractivity contribution < 1.29 is 23.0 Å². The first kappa shape index (κ1) is 36.1. The molecule has 0 spiro atoms. The van der Waals surface area contributed by atoms with Crippen LogP contribution in [0.5, 0.6) is 11.5 Å². The normalized spacial score (nSPS) is 11.4. The van der Waals surface area contributed by atoms with E-state index in [1.807, 2.05) is 24.3 Å². The number of halogens is 2. The van der Waals surface area contributed by atoms with Gasteiger partial charge in [0.15, 0.2) is 11.6 Å². The van der Waals surface area contributed by atoms with Crippen LogP contribution in [0.25, 0.3) is 0 Å². The summed E-state index contributed by atoms with van der Waals surface area (Å²) in [5.41, 5.74) is 1.90. The molecular weight excluding hydrogens is 610 g/mol. The minimum absolute atomic E-state index is 0.184. The molecule has 0 radical (unpaired) electrons. The largest absolute Gasteiger partial charge is 0.494 e. The number of hydrogen-bond donors (Lipinski definition) is 0. The molecule has 0 aromatic heterocycles. The van der Waals surface area contributed by atoms with Gasteiger partial charge in [-0.2, -0.15) is 20.5 Å². The van der Waals surface area contributed by atoms with Crippen molar-refractivity contribution in [1.82, 2.24) is 0 Å². The van der Waals surface area contributed by atoms with Crippen molar-refractivity contribution in [2.75, 3.05) is 6.61 Å². The van der Waals surface area contributed by atoms with Gasteiger partial charge in [-0.15, -0.1) is 0 Å². The molecule has 4 rings (SSSR count). The van der Waals surface area contributed by atoms with E-state index in [1.54, 1.807) is 18.2 Å². The molecule has 0 aliphatic carbocycles. The number of carbonyl (C=O) groups is 1. The van der Waals surface area contributed by atoms with Crippen molar-refractivity contribution in [3.63, 3.8) is 0 Å². The molecule has 0 saturated heterocycles. The third-order valence-corrected chi connectivity index (χ3v) is 7.69. The van der Waals surface area contributed by atoms with E-state index in [2.05, 4.69) is 27.4 Å². The van der Waals surface area contributed by atoms with Gasteiger partial charge in [-0.25, -0.2) is 13.6 Å². The highest BCUT2D eigenvalue weighted by Gasteiger charge is 2.13. The van der Waals surface area contributed by atoms with Gasteiger partial charge in [-0.05, 0) is 79.2 Å². The maximum absolute atomic E-state index is 14.6. The fraction of sp³-hybridized carbons (Fsp3) is 0.359. The van der Waals surface area contributed by atoms with Gasteiger partial charge in [0.1, 0.15) is 11.6 Å². The highest BCUT2D eigenvalue weighted by Crippen LogP contribution is 2.27.